The number of amides is 4. The van der Waals surface area contributed by atoms with E-state index in [4.69, 9.17) is 9.47 Å². The van der Waals surface area contributed by atoms with Crippen molar-refractivity contribution in [1.82, 2.24) is 19.8 Å². The van der Waals surface area contributed by atoms with E-state index in [1.807, 2.05) is 49.1 Å². The van der Waals surface area contributed by atoms with Crippen molar-refractivity contribution >= 4 is 45.9 Å². The molecule has 0 saturated carbocycles. The lowest BCUT2D eigenvalue weighted by Gasteiger charge is -2.27. The van der Waals surface area contributed by atoms with Gasteiger partial charge in [-0.25, -0.2) is 4.98 Å². The van der Waals surface area contributed by atoms with Crippen molar-refractivity contribution in [3.63, 3.8) is 0 Å². The first-order valence-electron chi connectivity index (χ1n) is 14.9. The molecule has 242 valence electrons. The second-order valence-electron chi connectivity index (χ2n) is 11.8. The number of anilines is 2. The fraction of sp³-hybridized carbons (Fsp3) is 0.294. The number of hydrogen-bond acceptors (Lipinski definition) is 10. The molecule has 1 fully saturated rings. The maximum Gasteiger partial charge on any atom is 0.262 e. The smallest absolute Gasteiger partial charge is 0.262 e. The van der Waals surface area contributed by atoms with Crippen LogP contribution in [-0.2, 0) is 23.2 Å². The lowest BCUT2D eigenvalue weighted by Crippen LogP contribution is -2.54. The third kappa shape index (κ3) is 5.33. The number of hydrogen-bond donors (Lipinski definition) is 1. The molecule has 2 aliphatic rings. The zero-order chi connectivity index (χ0) is 33.7. The summed E-state index contributed by atoms with van der Waals surface area (Å²) in [6.45, 7) is 0.313. The number of fused-ring (bicyclic) bond motifs is 2. The summed E-state index contributed by atoms with van der Waals surface area (Å²) in [5.74, 6) is -0.421. The number of carbonyl (C=O) groups excluding carboxylic acids is 4. The molecule has 6 rings (SSSR count). The predicted octanol–water partition coefficient (Wildman–Crippen LogP) is 2.72. The molecule has 4 amide bonds. The summed E-state index contributed by atoms with van der Waals surface area (Å²) in [4.78, 5) is 72.7. The molecule has 0 aliphatic carbocycles. The second-order valence-corrected chi connectivity index (χ2v) is 11.8. The van der Waals surface area contributed by atoms with Gasteiger partial charge in [-0.1, -0.05) is 0 Å². The summed E-state index contributed by atoms with van der Waals surface area (Å²) in [6, 6.07) is 9.57. The average Bonchev–Trinajstić information content (AvgIpc) is 3.30. The van der Waals surface area contributed by atoms with Crippen LogP contribution in [0.25, 0.3) is 21.9 Å². The summed E-state index contributed by atoms with van der Waals surface area (Å²) in [7, 11) is 10.4. The van der Waals surface area contributed by atoms with Gasteiger partial charge in [-0.3, -0.25) is 34.2 Å². The van der Waals surface area contributed by atoms with Crippen molar-refractivity contribution in [2.45, 2.75) is 25.4 Å². The monoisotopic (exact) mass is 638 g/mol. The van der Waals surface area contributed by atoms with Crippen LogP contribution in [0.5, 0.6) is 11.5 Å². The number of nitrogens with zero attached hydrogens (tertiary/aromatic N) is 5. The minimum Gasteiger partial charge on any atom is -0.496 e. The fourth-order valence-corrected chi connectivity index (χ4v) is 6.14. The molecule has 13 nitrogen and oxygen atoms in total. The maximum atomic E-state index is 13.4. The van der Waals surface area contributed by atoms with E-state index in [9.17, 15) is 24.0 Å². The highest BCUT2D eigenvalue weighted by Crippen LogP contribution is 2.39. The lowest BCUT2D eigenvalue weighted by molar-refractivity contribution is -0.136. The van der Waals surface area contributed by atoms with Crippen LogP contribution in [0, 0.1) is 0 Å². The molecule has 0 bridgehead atoms. The molecule has 0 radical (unpaired) electrons. The van der Waals surface area contributed by atoms with Crippen molar-refractivity contribution in [3.8, 4) is 22.6 Å². The molecule has 2 aromatic carbocycles. The standard InChI is InChI=1S/C34H34N6O7/c1-37(2)29-14-21-23(15-35-29)32(43)39(4)16-24(21)18-11-27(46-5)25(28(12-18)47-6)17-38(3)19-7-8-20-22(13-19)34(45)40(33(20)44)26-9-10-30(41)36-31(26)42/h7-8,11-16,26H,9-10,17H2,1-6H3,(H,36,41,42). The van der Waals surface area contributed by atoms with Gasteiger partial charge >= 0.3 is 0 Å². The molecule has 1 saturated heterocycles. The van der Waals surface area contributed by atoms with Crippen LogP contribution in [0.3, 0.4) is 0 Å². The quantitative estimate of drug-likeness (QED) is 0.286. The third-order valence-corrected chi connectivity index (χ3v) is 8.69. The Morgan fingerprint density at radius 1 is 0.894 bits per heavy atom. The molecule has 13 heteroatoms. The largest absolute Gasteiger partial charge is 0.496 e. The van der Waals surface area contributed by atoms with Gasteiger partial charge in [0.25, 0.3) is 17.4 Å². The topological polar surface area (TPSA) is 143 Å². The highest BCUT2D eigenvalue weighted by molar-refractivity contribution is 6.23. The number of aryl methyl sites for hydroxylation is 1. The number of nitrogens with one attached hydrogen (secondary N) is 1. The number of rotatable bonds is 8. The van der Waals surface area contributed by atoms with Gasteiger partial charge in [-0.2, -0.15) is 0 Å². The Morgan fingerprint density at radius 3 is 2.21 bits per heavy atom. The van der Waals surface area contributed by atoms with Gasteiger partial charge in [0.05, 0.1) is 36.3 Å². The van der Waals surface area contributed by atoms with E-state index in [0.29, 0.717) is 34.9 Å². The first-order valence-corrected chi connectivity index (χ1v) is 14.9. The van der Waals surface area contributed by atoms with Gasteiger partial charge < -0.3 is 23.8 Å². The van der Waals surface area contributed by atoms with Gasteiger partial charge in [0.1, 0.15) is 23.4 Å². The van der Waals surface area contributed by atoms with Gasteiger partial charge in [-0.15, -0.1) is 0 Å². The molecular formula is C34H34N6O7. The van der Waals surface area contributed by atoms with Gasteiger partial charge in [-0.05, 0) is 48.4 Å². The van der Waals surface area contributed by atoms with E-state index >= 15 is 0 Å². The van der Waals surface area contributed by atoms with E-state index in [1.165, 1.54) is 4.57 Å². The van der Waals surface area contributed by atoms with Crippen LogP contribution < -0.4 is 30.1 Å². The zero-order valence-corrected chi connectivity index (χ0v) is 26.9. The van der Waals surface area contributed by atoms with E-state index in [0.717, 1.165) is 27.0 Å². The molecule has 2 aromatic heterocycles. The van der Waals surface area contributed by atoms with E-state index < -0.39 is 29.7 Å². The number of methoxy groups -OCH3 is 2. The first-order chi connectivity index (χ1) is 22.4. The number of benzene rings is 2. The van der Waals surface area contributed by atoms with Crippen LogP contribution in [-0.4, -0.2) is 79.5 Å². The van der Waals surface area contributed by atoms with Crippen LogP contribution in [0.15, 0.2) is 53.6 Å². The van der Waals surface area contributed by atoms with Crippen molar-refractivity contribution in [1.29, 1.82) is 0 Å². The maximum absolute atomic E-state index is 13.4. The highest BCUT2D eigenvalue weighted by Gasteiger charge is 2.44. The highest BCUT2D eigenvalue weighted by atomic mass is 16.5. The Bertz CT molecular complexity index is 2030. The molecule has 0 spiro atoms. The zero-order valence-electron chi connectivity index (χ0n) is 26.9. The Balaban J connectivity index is 1.34. The van der Waals surface area contributed by atoms with Gasteiger partial charge in [0, 0.05) is 70.2 Å². The van der Waals surface area contributed by atoms with E-state index in [1.54, 1.807) is 51.9 Å². The Hall–Kier alpha value is -5.72. The second kappa shape index (κ2) is 11.9. The minimum atomic E-state index is -1.04. The number of carbonyl (C=O) groups is 4. The molecule has 47 heavy (non-hydrogen) atoms. The SMILES string of the molecule is COc1cc(-c2cn(C)c(=O)c3cnc(N(C)C)cc23)cc(OC)c1CN(C)c1ccc2c(c1)C(=O)N(C1CCC(=O)NC1=O)C2=O. The van der Waals surface area contributed by atoms with Gasteiger partial charge in [0.2, 0.25) is 11.8 Å². The Kier molecular flexibility index (Phi) is 7.91. The number of aromatic nitrogens is 2. The fourth-order valence-electron chi connectivity index (χ4n) is 6.14. The summed E-state index contributed by atoms with van der Waals surface area (Å²) in [5.41, 5.74) is 3.19. The molecule has 4 heterocycles. The summed E-state index contributed by atoms with van der Waals surface area (Å²) >= 11 is 0. The lowest BCUT2D eigenvalue weighted by atomic mass is 9.98. The molecule has 1 unspecified atom stereocenters. The first kappa shape index (κ1) is 31.3. The van der Waals surface area contributed by atoms with Crippen LogP contribution >= 0.6 is 0 Å². The molecule has 2 aliphatic heterocycles. The van der Waals surface area contributed by atoms with Crippen molar-refractivity contribution in [2.75, 3.05) is 45.2 Å². The molecule has 4 aromatic rings. The van der Waals surface area contributed by atoms with Crippen molar-refractivity contribution < 1.29 is 28.7 Å². The number of ether oxygens (including phenoxy) is 2. The Morgan fingerprint density at radius 2 is 1.57 bits per heavy atom. The van der Waals surface area contributed by atoms with E-state index in [2.05, 4.69) is 10.3 Å². The van der Waals surface area contributed by atoms with Gasteiger partial charge in [0.15, 0.2) is 0 Å². The third-order valence-electron chi connectivity index (χ3n) is 8.69. The normalized spacial score (nSPS) is 16.0. The number of pyridine rings is 2. The van der Waals surface area contributed by atoms with Crippen LogP contribution in [0.4, 0.5) is 11.5 Å². The van der Waals surface area contributed by atoms with Crippen LogP contribution in [0.2, 0.25) is 0 Å². The predicted molar refractivity (Wildman–Crippen MR) is 175 cm³/mol. The Labute approximate surface area is 270 Å². The van der Waals surface area contributed by atoms with E-state index in [-0.39, 0.29) is 29.5 Å². The average molecular weight is 639 g/mol. The number of piperidine rings is 1. The minimum absolute atomic E-state index is 0.0488. The molecule has 1 N–H and O–H groups in total. The summed E-state index contributed by atoms with van der Waals surface area (Å²) in [5, 5.41) is 3.44. The summed E-state index contributed by atoms with van der Waals surface area (Å²) in [6.07, 6.45) is 3.51. The van der Waals surface area contributed by atoms with Crippen molar-refractivity contribution in [2.24, 2.45) is 7.05 Å². The summed E-state index contributed by atoms with van der Waals surface area (Å²) < 4.78 is 13.2. The molecule has 1 atom stereocenters. The van der Waals surface area contributed by atoms with Crippen molar-refractivity contribution in [3.05, 3.63) is 75.8 Å². The molecular weight excluding hydrogens is 604 g/mol. The van der Waals surface area contributed by atoms with Crippen LogP contribution in [0.1, 0.15) is 39.1 Å². The number of imide groups is 2.